The van der Waals surface area contributed by atoms with Crippen LogP contribution in [0.5, 0.6) is 0 Å². The highest BCUT2D eigenvalue weighted by Gasteiger charge is 2.16. The Labute approximate surface area is 120 Å². The van der Waals surface area contributed by atoms with Crippen molar-refractivity contribution in [1.29, 1.82) is 0 Å². The Morgan fingerprint density at radius 3 is 3.10 bits per heavy atom. The third-order valence-corrected chi connectivity index (χ3v) is 3.06. The van der Waals surface area contributed by atoms with Crippen LogP contribution in [0, 0.1) is 0 Å². The summed E-state index contributed by atoms with van der Waals surface area (Å²) in [5.74, 6) is -0.172. The molecule has 0 aromatic rings. The van der Waals surface area contributed by atoms with Crippen molar-refractivity contribution in [3.05, 3.63) is 0 Å². The lowest BCUT2D eigenvalue weighted by atomic mass is 10.2. The summed E-state index contributed by atoms with van der Waals surface area (Å²) < 4.78 is 15.7. The first kappa shape index (κ1) is 17.4. The molecule has 6 heteroatoms. The second-order valence-electron chi connectivity index (χ2n) is 4.94. The van der Waals surface area contributed by atoms with Crippen molar-refractivity contribution in [2.24, 2.45) is 0 Å². The number of hydrogen-bond donors (Lipinski definition) is 2. The molecule has 0 amide bonds. The van der Waals surface area contributed by atoms with Crippen molar-refractivity contribution < 1.29 is 24.1 Å². The van der Waals surface area contributed by atoms with Gasteiger partial charge in [0.15, 0.2) is 0 Å². The molecule has 1 aliphatic heterocycles. The zero-order valence-electron chi connectivity index (χ0n) is 12.3. The summed E-state index contributed by atoms with van der Waals surface area (Å²) in [6, 6.07) is 0. The van der Waals surface area contributed by atoms with Gasteiger partial charge < -0.3 is 24.6 Å². The summed E-state index contributed by atoms with van der Waals surface area (Å²) in [4.78, 5) is 11.1. The van der Waals surface area contributed by atoms with Crippen LogP contribution in [0.4, 0.5) is 0 Å². The summed E-state index contributed by atoms with van der Waals surface area (Å²) >= 11 is 0. The molecule has 2 atom stereocenters. The lowest BCUT2D eigenvalue weighted by Crippen LogP contribution is -2.32. The number of nitrogens with one attached hydrogen (secondary N) is 1. The molecule has 1 saturated heterocycles. The number of rotatable bonds is 11. The third-order valence-electron chi connectivity index (χ3n) is 3.06. The molecule has 118 valence electrons. The van der Waals surface area contributed by atoms with Gasteiger partial charge in [-0.05, 0) is 32.7 Å². The first-order valence-corrected chi connectivity index (χ1v) is 7.46. The Kier molecular flexibility index (Phi) is 9.57. The molecule has 1 aliphatic rings. The average Bonchev–Trinajstić information content (AvgIpc) is 2.92. The van der Waals surface area contributed by atoms with Gasteiger partial charge in [-0.3, -0.25) is 4.79 Å². The van der Waals surface area contributed by atoms with E-state index in [1.165, 1.54) is 0 Å². The zero-order chi connectivity index (χ0) is 14.6. The number of esters is 1. The van der Waals surface area contributed by atoms with Gasteiger partial charge in [0, 0.05) is 19.6 Å². The average molecular weight is 289 g/mol. The molecule has 1 heterocycles. The van der Waals surface area contributed by atoms with Crippen LogP contribution in [0.3, 0.4) is 0 Å². The molecule has 1 rings (SSSR count). The molecular weight excluding hydrogens is 262 g/mol. The molecular formula is C14H27NO5. The van der Waals surface area contributed by atoms with E-state index in [4.69, 9.17) is 14.2 Å². The van der Waals surface area contributed by atoms with E-state index in [0.29, 0.717) is 45.8 Å². The minimum Gasteiger partial charge on any atom is -0.466 e. The fourth-order valence-corrected chi connectivity index (χ4v) is 2.03. The van der Waals surface area contributed by atoms with Gasteiger partial charge in [-0.25, -0.2) is 0 Å². The van der Waals surface area contributed by atoms with Gasteiger partial charge >= 0.3 is 5.97 Å². The zero-order valence-corrected chi connectivity index (χ0v) is 12.3. The molecule has 6 nitrogen and oxygen atoms in total. The Morgan fingerprint density at radius 2 is 2.40 bits per heavy atom. The summed E-state index contributed by atoms with van der Waals surface area (Å²) in [6.07, 6.45) is 2.93. The molecule has 0 aliphatic carbocycles. The first-order chi connectivity index (χ1) is 9.72. The van der Waals surface area contributed by atoms with E-state index in [0.717, 1.165) is 19.4 Å². The number of carbonyl (C=O) groups excluding carboxylic acids is 1. The monoisotopic (exact) mass is 289 g/mol. The lowest BCUT2D eigenvalue weighted by molar-refractivity contribution is -0.143. The van der Waals surface area contributed by atoms with E-state index in [1.54, 1.807) is 6.92 Å². The first-order valence-electron chi connectivity index (χ1n) is 7.46. The van der Waals surface area contributed by atoms with Gasteiger partial charge in [-0.1, -0.05) is 0 Å². The highest BCUT2D eigenvalue weighted by molar-refractivity contribution is 5.69. The Hall–Kier alpha value is -0.690. The van der Waals surface area contributed by atoms with Crippen LogP contribution in [0.15, 0.2) is 0 Å². The van der Waals surface area contributed by atoms with Crippen molar-refractivity contribution in [3.8, 4) is 0 Å². The van der Waals surface area contributed by atoms with Crippen molar-refractivity contribution in [1.82, 2.24) is 5.32 Å². The van der Waals surface area contributed by atoms with Crippen molar-refractivity contribution in [2.45, 2.75) is 44.8 Å². The van der Waals surface area contributed by atoms with Crippen molar-refractivity contribution in [2.75, 3.05) is 39.5 Å². The van der Waals surface area contributed by atoms with Gasteiger partial charge in [0.05, 0.1) is 32.0 Å². The summed E-state index contributed by atoms with van der Waals surface area (Å²) in [5.41, 5.74) is 0. The van der Waals surface area contributed by atoms with Crippen molar-refractivity contribution in [3.63, 3.8) is 0 Å². The number of ether oxygens (including phenoxy) is 3. The van der Waals surface area contributed by atoms with E-state index in [-0.39, 0.29) is 12.1 Å². The van der Waals surface area contributed by atoms with Crippen LogP contribution >= 0.6 is 0 Å². The normalized spacial score (nSPS) is 20.0. The fourth-order valence-electron chi connectivity index (χ4n) is 2.03. The van der Waals surface area contributed by atoms with Crippen LogP contribution in [0.25, 0.3) is 0 Å². The highest BCUT2D eigenvalue weighted by atomic mass is 16.5. The van der Waals surface area contributed by atoms with Crippen LogP contribution in [0.2, 0.25) is 0 Å². The lowest BCUT2D eigenvalue weighted by Gasteiger charge is -2.14. The summed E-state index contributed by atoms with van der Waals surface area (Å²) in [7, 11) is 0. The summed E-state index contributed by atoms with van der Waals surface area (Å²) in [5, 5.41) is 12.8. The van der Waals surface area contributed by atoms with E-state index in [1.807, 2.05) is 0 Å². The number of hydrogen-bond acceptors (Lipinski definition) is 6. The molecule has 0 bridgehead atoms. The maximum absolute atomic E-state index is 11.1. The predicted octanol–water partition coefficient (Wildman–Crippen LogP) is 0.476. The van der Waals surface area contributed by atoms with Gasteiger partial charge in [-0.15, -0.1) is 0 Å². The number of aliphatic hydroxyl groups is 1. The molecule has 0 spiro atoms. The number of carbonyl (C=O) groups is 1. The Balaban J connectivity index is 1.86. The predicted molar refractivity (Wildman–Crippen MR) is 74.5 cm³/mol. The SMILES string of the molecule is CCOC(=O)CCCNCC(O)COCC1CCCO1. The highest BCUT2D eigenvalue weighted by Crippen LogP contribution is 2.11. The topological polar surface area (TPSA) is 77.0 Å². The molecule has 0 aromatic carbocycles. The van der Waals surface area contributed by atoms with Gasteiger partial charge in [-0.2, -0.15) is 0 Å². The van der Waals surface area contributed by atoms with Crippen LogP contribution < -0.4 is 5.32 Å². The Bertz CT molecular complexity index is 256. The number of aliphatic hydroxyl groups excluding tert-OH is 1. The smallest absolute Gasteiger partial charge is 0.305 e. The maximum atomic E-state index is 11.1. The largest absolute Gasteiger partial charge is 0.466 e. The summed E-state index contributed by atoms with van der Waals surface area (Å²) in [6.45, 7) is 5.05. The standard InChI is InChI=1S/C14H27NO5/c1-2-19-14(17)6-3-7-15-9-12(16)10-18-11-13-5-4-8-20-13/h12-13,15-16H,2-11H2,1H3. The molecule has 0 aromatic heterocycles. The molecule has 20 heavy (non-hydrogen) atoms. The Morgan fingerprint density at radius 1 is 1.55 bits per heavy atom. The van der Waals surface area contributed by atoms with Gasteiger partial charge in [0.1, 0.15) is 0 Å². The van der Waals surface area contributed by atoms with Crippen molar-refractivity contribution >= 4 is 5.97 Å². The van der Waals surface area contributed by atoms with E-state index < -0.39 is 6.10 Å². The molecule has 2 N–H and O–H groups in total. The van der Waals surface area contributed by atoms with Crippen LogP contribution in [-0.4, -0.2) is 62.8 Å². The maximum Gasteiger partial charge on any atom is 0.305 e. The quantitative estimate of drug-likeness (QED) is 0.425. The molecule has 0 saturated carbocycles. The van der Waals surface area contributed by atoms with Gasteiger partial charge in [0.2, 0.25) is 0 Å². The molecule has 2 unspecified atom stereocenters. The van der Waals surface area contributed by atoms with Crippen LogP contribution in [0.1, 0.15) is 32.6 Å². The molecule has 0 radical (unpaired) electrons. The second-order valence-corrected chi connectivity index (χ2v) is 4.94. The van der Waals surface area contributed by atoms with Crippen LogP contribution in [-0.2, 0) is 19.0 Å². The minimum absolute atomic E-state index is 0.172. The fraction of sp³-hybridized carbons (Fsp3) is 0.929. The molecule has 1 fully saturated rings. The second kappa shape index (κ2) is 11.0. The minimum atomic E-state index is -0.529. The third kappa shape index (κ3) is 8.47. The van der Waals surface area contributed by atoms with E-state index in [2.05, 4.69) is 5.32 Å². The van der Waals surface area contributed by atoms with E-state index in [9.17, 15) is 9.90 Å². The van der Waals surface area contributed by atoms with E-state index >= 15 is 0 Å². The van der Waals surface area contributed by atoms with Gasteiger partial charge in [0.25, 0.3) is 0 Å².